The van der Waals surface area contributed by atoms with Crippen LogP contribution in [-0.2, 0) is 9.53 Å². The third kappa shape index (κ3) is 3.95. The fourth-order valence-corrected chi connectivity index (χ4v) is 4.40. The highest BCUT2D eigenvalue weighted by Gasteiger charge is 2.52. The molecule has 1 aliphatic carbocycles. The SMILES string of the molecule is CCOC(=O)C(CC)C1(O)CC(C)(C)CC(C)(C)C1. The Kier molecular flexibility index (Phi) is 4.71. The average molecular weight is 270 g/mol. The summed E-state index contributed by atoms with van der Waals surface area (Å²) in [4.78, 5) is 12.1. The molecule has 3 heteroatoms. The van der Waals surface area contributed by atoms with Crippen LogP contribution in [0.3, 0.4) is 0 Å². The Labute approximate surface area is 117 Å². The Morgan fingerprint density at radius 1 is 1.11 bits per heavy atom. The van der Waals surface area contributed by atoms with E-state index >= 15 is 0 Å². The van der Waals surface area contributed by atoms with Crippen molar-refractivity contribution in [3.8, 4) is 0 Å². The summed E-state index contributed by atoms with van der Waals surface area (Å²) in [6, 6.07) is 0. The van der Waals surface area contributed by atoms with Gasteiger partial charge in [-0.15, -0.1) is 0 Å². The molecular formula is C16H30O3. The number of rotatable bonds is 4. The van der Waals surface area contributed by atoms with Gasteiger partial charge in [-0.1, -0.05) is 34.6 Å². The Hall–Kier alpha value is -0.570. The quantitative estimate of drug-likeness (QED) is 0.795. The van der Waals surface area contributed by atoms with Crippen molar-refractivity contribution in [3.63, 3.8) is 0 Å². The van der Waals surface area contributed by atoms with Gasteiger partial charge in [-0.3, -0.25) is 4.79 Å². The molecule has 1 N–H and O–H groups in total. The van der Waals surface area contributed by atoms with E-state index in [2.05, 4.69) is 27.7 Å². The van der Waals surface area contributed by atoms with E-state index in [0.29, 0.717) is 25.9 Å². The Balaban J connectivity index is 3.02. The van der Waals surface area contributed by atoms with Crippen LogP contribution in [0.2, 0.25) is 0 Å². The van der Waals surface area contributed by atoms with Crippen LogP contribution in [0.5, 0.6) is 0 Å². The standard InChI is InChI=1S/C16H30O3/c1-7-12(13(17)19-8-2)16(18)10-14(3,4)9-15(5,6)11-16/h12,18H,7-11H2,1-6H3. The van der Waals surface area contributed by atoms with Crippen LogP contribution < -0.4 is 0 Å². The molecule has 3 nitrogen and oxygen atoms in total. The number of aliphatic hydroxyl groups is 1. The molecule has 0 aromatic heterocycles. The number of hydrogen-bond acceptors (Lipinski definition) is 3. The first kappa shape index (κ1) is 16.5. The van der Waals surface area contributed by atoms with Gasteiger partial charge in [0, 0.05) is 0 Å². The monoisotopic (exact) mass is 270 g/mol. The summed E-state index contributed by atoms with van der Waals surface area (Å²) >= 11 is 0. The van der Waals surface area contributed by atoms with Crippen molar-refractivity contribution in [2.75, 3.05) is 6.61 Å². The van der Waals surface area contributed by atoms with Gasteiger partial charge in [0.05, 0.1) is 18.1 Å². The first-order valence-electron chi connectivity index (χ1n) is 7.44. The van der Waals surface area contributed by atoms with Crippen molar-refractivity contribution in [1.29, 1.82) is 0 Å². The van der Waals surface area contributed by atoms with Gasteiger partial charge in [-0.25, -0.2) is 0 Å². The first-order chi connectivity index (χ1) is 8.55. The van der Waals surface area contributed by atoms with Crippen molar-refractivity contribution in [2.45, 2.75) is 72.8 Å². The number of esters is 1. The molecule has 0 amide bonds. The molecule has 1 rings (SSSR count). The summed E-state index contributed by atoms with van der Waals surface area (Å²) in [6.07, 6.45) is 3.03. The van der Waals surface area contributed by atoms with E-state index in [0.717, 1.165) is 6.42 Å². The minimum atomic E-state index is -0.938. The van der Waals surface area contributed by atoms with Crippen LogP contribution >= 0.6 is 0 Å². The third-order valence-electron chi connectivity index (χ3n) is 4.15. The van der Waals surface area contributed by atoms with Crippen molar-refractivity contribution in [2.24, 2.45) is 16.7 Å². The lowest BCUT2D eigenvalue weighted by Gasteiger charge is -2.51. The highest BCUT2D eigenvalue weighted by Crippen LogP contribution is 2.53. The maximum Gasteiger partial charge on any atom is 0.311 e. The van der Waals surface area contributed by atoms with Gasteiger partial charge in [-0.2, -0.15) is 0 Å². The molecule has 1 saturated carbocycles. The number of hydrogen-bond donors (Lipinski definition) is 1. The smallest absolute Gasteiger partial charge is 0.311 e. The van der Waals surface area contributed by atoms with Crippen molar-refractivity contribution < 1.29 is 14.6 Å². The zero-order chi connectivity index (χ0) is 14.9. The topological polar surface area (TPSA) is 46.5 Å². The second-order valence-electron chi connectivity index (χ2n) is 7.68. The largest absolute Gasteiger partial charge is 0.466 e. The third-order valence-corrected chi connectivity index (χ3v) is 4.15. The molecule has 0 aromatic rings. The van der Waals surface area contributed by atoms with Gasteiger partial charge in [0.1, 0.15) is 0 Å². The minimum absolute atomic E-state index is 0.0520. The van der Waals surface area contributed by atoms with Crippen LogP contribution in [0.1, 0.15) is 67.2 Å². The zero-order valence-electron chi connectivity index (χ0n) is 13.4. The van der Waals surface area contributed by atoms with Crippen molar-refractivity contribution in [3.05, 3.63) is 0 Å². The molecule has 1 atom stereocenters. The predicted octanol–water partition coefficient (Wildman–Crippen LogP) is 3.54. The molecule has 0 heterocycles. The molecule has 0 bridgehead atoms. The van der Waals surface area contributed by atoms with E-state index in [-0.39, 0.29) is 16.8 Å². The normalized spacial score (nSPS) is 25.6. The van der Waals surface area contributed by atoms with Gasteiger partial charge in [-0.05, 0) is 43.4 Å². The van der Waals surface area contributed by atoms with E-state index in [4.69, 9.17) is 4.74 Å². The fraction of sp³-hybridized carbons (Fsp3) is 0.938. The lowest BCUT2D eigenvalue weighted by Crippen LogP contribution is -2.52. The van der Waals surface area contributed by atoms with E-state index in [9.17, 15) is 9.90 Å². The lowest BCUT2D eigenvalue weighted by molar-refractivity contribution is -0.171. The highest BCUT2D eigenvalue weighted by molar-refractivity contribution is 5.74. The second-order valence-corrected chi connectivity index (χ2v) is 7.68. The molecule has 1 fully saturated rings. The summed E-state index contributed by atoms with van der Waals surface area (Å²) in [7, 11) is 0. The summed E-state index contributed by atoms with van der Waals surface area (Å²) < 4.78 is 5.15. The lowest BCUT2D eigenvalue weighted by atomic mass is 9.56. The summed E-state index contributed by atoms with van der Waals surface area (Å²) in [6.45, 7) is 12.8. The van der Waals surface area contributed by atoms with Crippen LogP contribution in [0.25, 0.3) is 0 Å². The van der Waals surface area contributed by atoms with Gasteiger partial charge >= 0.3 is 5.97 Å². The average Bonchev–Trinajstić information content (AvgIpc) is 2.11. The van der Waals surface area contributed by atoms with Gasteiger partial charge in [0.2, 0.25) is 0 Å². The van der Waals surface area contributed by atoms with Crippen molar-refractivity contribution >= 4 is 5.97 Å². The fourth-order valence-electron chi connectivity index (χ4n) is 4.40. The molecular weight excluding hydrogens is 240 g/mol. The molecule has 1 aliphatic rings. The number of carbonyl (C=O) groups excluding carboxylic acids is 1. The second kappa shape index (κ2) is 5.43. The van der Waals surface area contributed by atoms with E-state index < -0.39 is 11.5 Å². The molecule has 0 saturated heterocycles. The highest BCUT2D eigenvalue weighted by atomic mass is 16.5. The van der Waals surface area contributed by atoms with E-state index in [1.54, 1.807) is 0 Å². The van der Waals surface area contributed by atoms with Crippen LogP contribution in [0.15, 0.2) is 0 Å². The number of carbonyl (C=O) groups is 1. The molecule has 0 aliphatic heterocycles. The first-order valence-corrected chi connectivity index (χ1v) is 7.44. The Morgan fingerprint density at radius 3 is 1.95 bits per heavy atom. The van der Waals surface area contributed by atoms with Crippen molar-refractivity contribution in [1.82, 2.24) is 0 Å². The number of ether oxygens (including phenoxy) is 1. The predicted molar refractivity (Wildman–Crippen MR) is 76.8 cm³/mol. The maximum absolute atomic E-state index is 12.1. The summed E-state index contributed by atoms with van der Waals surface area (Å²) in [5.41, 5.74) is -0.834. The molecule has 0 aromatic carbocycles. The van der Waals surface area contributed by atoms with Crippen LogP contribution in [-0.4, -0.2) is 23.3 Å². The van der Waals surface area contributed by atoms with Crippen LogP contribution in [0.4, 0.5) is 0 Å². The van der Waals surface area contributed by atoms with E-state index in [1.165, 1.54) is 0 Å². The zero-order valence-corrected chi connectivity index (χ0v) is 13.4. The minimum Gasteiger partial charge on any atom is -0.466 e. The van der Waals surface area contributed by atoms with E-state index in [1.807, 2.05) is 13.8 Å². The Morgan fingerprint density at radius 2 is 1.58 bits per heavy atom. The Bertz CT molecular complexity index is 315. The van der Waals surface area contributed by atoms with Gasteiger partial charge in [0.25, 0.3) is 0 Å². The molecule has 0 spiro atoms. The van der Waals surface area contributed by atoms with Crippen LogP contribution in [0, 0.1) is 16.7 Å². The molecule has 19 heavy (non-hydrogen) atoms. The van der Waals surface area contributed by atoms with Gasteiger partial charge in [0.15, 0.2) is 0 Å². The summed E-state index contributed by atoms with van der Waals surface area (Å²) in [5, 5.41) is 11.1. The summed E-state index contributed by atoms with van der Waals surface area (Å²) in [5.74, 6) is -0.660. The molecule has 112 valence electrons. The maximum atomic E-state index is 12.1. The molecule has 1 unspecified atom stereocenters. The van der Waals surface area contributed by atoms with Gasteiger partial charge < -0.3 is 9.84 Å². The molecule has 0 radical (unpaired) electrons.